The van der Waals surface area contributed by atoms with E-state index in [1.54, 1.807) is 0 Å². The average Bonchev–Trinajstić information content (AvgIpc) is 2.88. The molecule has 1 aliphatic carbocycles. The van der Waals surface area contributed by atoms with Crippen LogP contribution in [0, 0.1) is 41.6 Å². The van der Waals surface area contributed by atoms with Gasteiger partial charge in [0.15, 0.2) is 6.20 Å². The second-order valence-corrected chi connectivity index (χ2v) is 9.82. The predicted octanol–water partition coefficient (Wildman–Crippen LogP) is 6.60. The first-order valence-corrected chi connectivity index (χ1v) is 12.3. The Kier molecular flexibility index (Phi) is 4.25. The normalized spacial score (nSPS) is 13.5. The van der Waals surface area contributed by atoms with E-state index in [0.29, 0.717) is 0 Å². The van der Waals surface area contributed by atoms with Gasteiger partial charge in [0, 0.05) is 16.2 Å². The minimum absolute atomic E-state index is 0.969. The summed E-state index contributed by atoms with van der Waals surface area (Å²) in [5.74, 6) is 0. The van der Waals surface area contributed by atoms with Crippen molar-refractivity contribution in [2.24, 2.45) is 0 Å². The Balaban J connectivity index is 1.65. The molecular weight excluding hydrogens is 422 g/mol. The van der Waals surface area contributed by atoms with E-state index in [-0.39, 0.29) is 0 Å². The number of hydrogen-bond donors (Lipinski definition) is 0. The molecule has 7 rings (SSSR count). The lowest BCUT2D eigenvalue weighted by Gasteiger charge is -2.10. The zero-order valence-electron chi connectivity index (χ0n) is 20.1. The molecule has 166 valence electrons. The third kappa shape index (κ3) is 2.91. The summed E-state index contributed by atoms with van der Waals surface area (Å²) in [6.45, 7) is 8.81. The zero-order valence-corrected chi connectivity index (χ0v) is 20.1. The Morgan fingerprint density at radius 1 is 0.686 bits per heavy atom. The lowest BCUT2D eigenvalue weighted by molar-refractivity contribution is -0.508. The van der Waals surface area contributed by atoms with Crippen LogP contribution in [0.5, 0.6) is 0 Å². The summed E-state index contributed by atoms with van der Waals surface area (Å²) in [7, 11) is 0. The van der Waals surface area contributed by atoms with E-state index in [1.165, 1.54) is 69.9 Å². The number of aryl methyl sites for hydroxylation is 2. The molecule has 1 nitrogen and oxygen atoms in total. The molecule has 1 aliphatic rings. The molecule has 35 heavy (non-hydrogen) atoms. The van der Waals surface area contributed by atoms with E-state index in [9.17, 15) is 0 Å². The van der Waals surface area contributed by atoms with Crippen LogP contribution in [-0.4, -0.2) is 0 Å². The van der Waals surface area contributed by atoms with Gasteiger partial charge in [0.2, 0.25) is 5.35 Å². The number of pyridine rings is 1. The standard InChI is InChI=1S/C34H26N/c1-21-18-32-33(31-11-7-6-9-26(21)31)22(2)20-35(3)34(32)25-14-15-28-24(19-25)13-17-29-27-10-5-4-8-23(27)12-16-30(28)29/h4-15,17-20H,3,16H2,1-2H3/q+1. The lowest BCUT2D eigenvalue weighted by Crippen LogP contribution is -2.17. The summed E-state index contributed by atoms with van der Waals surface area (Å²) in [6.07, 6.45) is 5.50. The maximum atomic E-state index is 4.40. The second-order valence-electron chi connectivity index (χ2n) is 9.82. The summed E-state index contributed by atoms with van der Waals surface area (Å²) in [6, 6.07) is 31.3. The summed E-state index contributed by atoms with van der Waals surface area (Å²) >= 11 is 0. The van der Waals surface area contributed by atoms with E-state index in [4.69, 9.17) is 0 Å². The fraction of sp³-hybridized carbons (Fsp3) is 0.0882. The minimum atomic E-state index is 0.969. The average molecular weight is 449 g/mol. The molecule has 1 aromatic heterocycles. The molecule has 0 bridgehead atoms. The van der Waals surface area contributed by atoms with E-state index >= 15 is 0 Å². The largest absolute Gasteiger partial charge is 0.225 e. The summed E-state index contributed by atoms with van der Waals surface area (Å²) in [4.78, 5) is 0. The molecule has 1 heteroatoms. The highest BCUT2D eigenvalue weighted by molar-refractivity contribution is 6.10. The molecule has 5 aromatic carbocycles. The Bertz CT molecular complexity index is 2170. The first-order chi connectivity index (χ1) is 17.1. The Hall–Kier alpha value is -4.23. The van der Waals surface area contributed by atoms with Crippen molar-refractivity contribution >= 4 is 38.4 Å². The van der Waals surface area contributed by atoms with Crippen LogP contribution in [0.15, 0.2) is 91.1 Å². The molecule has 0 atom stereocenters. The Labute approximate surface area is 203 Å². The monoisotopic (exact) mass is 448 g/mol. The summed E-state index contributed by atoms with van der Waals surface area (Å²) < 4.78 is 2.05. The minimum Gasteiger partial charge on any atom is -0.173 e. The highest BCUT2D eigenvalue weighted by atomic mass is 14.8. The van der Waals surface area contributed by atoms with Crippen LogP contribution in [0.1, 0.15) is 16.7 Å². The fourth-order valence-electron chi connectivity index (χ4n) is 6.15. The third-order valence-corrected chi connectivity index (χ3v) is 7.72. The smallest absolute Gasteiger partial charge is 0.173 e. The maximum absolute atomic E-state index is 4.40. The molecule has 0 saturated carbocycles. The Morgan fingerprint density at radius 2 is 1.49 bits per heavy atom. The van der Waals surface area contributed by atoms with Gasteiger partial charge in [-0.1, -0.05) is 72.8 Å². The van der Waals surface area contributed by atoms with E-state index in [0.717, 1.165) is 11.8 Å². The van der Waals surface area contributed by atoms with Crippen molar-refractivity contribution in [2.45, 2.75) is 20.3 Å². The maximum Gasteiger partial charge on any atom is 0.225 e. The van der Waals surface area contributed by atoms with Gasteiger partial charge in [0.05, 0.1) is 5.39 Å². The predicted molar refractivity (Wildman–Crippen MR) is 145 cm³/mol. The lowest BCUT2D eigenvalue weighted by atomic mass is 9.93. The number of benzene rings is 5. The number of rotatable bonds is 0. The van der Waals surface area contributed by atoms with Crippen molar-refractivity contribution in [1.82, 2.24) is 0 Å². The van der Waals surface area contributed by atoms with Crippen LogP contribution in [-0.2, 0) is 6.42 Å². The van der Waals surface area contributed by atoms with Gasteiger partial charge >= 0.3 is 0 Å². The van der Waals surface area contributed by atoms with Crippen molar-refractivity contribution < 1.29 is 4.24 Å². The first kappa shape index (κ1) is 20.2. The molecule has 1 heterocycles. The number of fused-ring (bicyclic) bond motifs is 7. The van der Waals surface area contributed by atoms with Gasteiger partial charge in [-0.15, -0.1) is 0 Å². The molecule has 0 unspecified atom stereocenters. The summed E-state index contributed by atoms with van der Waals surface area (Å²) in [5, 5.41) is 14.2. The van der Waals surface area contributed by atoms with Crippen LogP contribution < -0.4 is 9.46 Å². The van der Waals surface area contributed by atoms with Crippen LogP contribution in [0.3, 0.4) is 0 Å². The highest BCUT2D eigenvalue weighted by Crippen LogP contribution is 2.31. The summed E-state index contributed by atoms with van der Waals surface area (Å²) in [5.41, 5.74) is 3.97. The van der Waals surface area contributed by atoms with Gasteiger partial charge in [0.25, 0.3) is 0 Å². The second kappa shape index (κ2) is 7.38. The number of nitrogens with zero attached hydrogens (tertiary/aromatic N) is 1. The van der Waals surface area contributed by atoms with E-state index < -0.39 is 0 Å². The van der Waals surface area contributed by atoms with Gasteiger partial charge in [-0.3, -0.25) is 0 Å². The SMILES string of the molecule is C=[n+]1cc(C)c2c(cc(C)c3ccccc32)c1=c1ccc2c3c(ccc2c1)=c1ccccc1=CC3. The van der Waals surface area contributed by atoms with Crippen molar-refractivity contribution in [2.75, 3.05) is 0 Å². The molecular formula is C34H26N+. The molecule has 6 aromatic rings. The third-order valence-electron chi connectivity index (χ3n) is 7.72. The molecule has 0 spiro atoms. The van der Waals surface area contributed by atoms with Gasteiger partial charge in [0.1, 0.15) is 6.72 Å². The van der Waals surface area contributed by atoms with Crippen LogP contribution >= 0.6 is 0 Å². The zero-order chi connectivity index (χ0) is 23.7. The Morgan fingerprint density at radius 3 is 2.37 bits per heavy atom. The highest BCUT2D eigenvalue weighted by Gasteiger charge is 2.14. The van der Waals surface area contributed by atoms with Gasteiger partial charge in [-0.2, -0.15) is 4.24 Å². The molecule has 0 radical (unpaired) electrons. The molecule has 0 saturated heterocycles. The van der Waals surface area contributed by atoms with Gasteiger partial charge < -0.3 is 0 Å². The van der Waals surface area contributed by atoms with Crippen LogP contribution in [0.25, 0.3) is 38.4 Å². The van der Waals surface area contributed by atoms with E-state index in [1.807, 2.05) is 0 Å². The number of aromatic nitrogens is 1. The van der Waals surface area contributed by atoms with Gasteiger partial charge in [-0.25, -0.2) is 0 Å². The van der Waals surface area contributed by atoms with Crippen LogP contribution in [0.4, 0.5) is 0 Å². The van der Waals surface area contributed by atoms with E-state index in [2.05, 4.69) is 122 Å². The quantitative estimate of drug-likeness (QED) is 0.182. The van der Waals surface area contributed by atoms with Crippen LogP contribution in [0.2, 0.25) is 0 Å². The van der Waals surface area contributed by atoms with Crippen molar-refractivity contribution in [3.8, 4) is 0 Å². The van der Waals surface area contributed by atoms with Crippen molar-refractivity contribution in [1.29, 1.82) is 0 Å². The molecule has 0 aliphatic heterocycles. The number of hydrogen-bond acceptors (Lipinski definition) is 0. The first-order valence-electron chi connectivity index (χ1n) is 12.3. The van der Waals surface area contributed by atoms with Gasteiger partial charge in [-0.05, 0) is 86.8 Å². The van der Waals surface area contributed by atoms with Crippen molar-refractivity contribution in [3.63, 3.8) is 0 Å². The van der Waals surface area contributed by atoms with Crippen molar-refractivity contribution in [3.05, 3.63) is 141 Å². The molecule has 0 N–H and O–H groups in total. The topological polar surface area (TPSA) is 5.90 Å². The fourth-order valence-corrected chi connectivity index (χ4v) is 6.15. The molecule has 0 fully saturated rings. The molecule has 0 amide bonds.